The molecule has 0 aromatic heterocycles. The van der Waals surface area contributed by atoms with Gasteiger partial charge in [0.25, 0.3) is 0 Å². The highest BCUT2D eigenvalue weighted by molar-refractivity contribution is 5.23. The van der Waals surface area contributed by atoms with Crippen LogP contribution in [0.5, 0.6) is 0 Å². The molecule has 0 bridgehead atoms. The minimum absolute atomic E-state index is 0.0159. The lowest BCUT2D eigenvalue weighted by atomic mass is 9.53. The van der Waals surface area contributed by atoms with Crippen LogP contribution in [0.1, 0.15) is 79.1 Å². The molecule has 0 radical (unpaired) electrons. The van der Waals surface area contributed by atoms with Crippen molar-refractivity contribution in [3.05, 3.63) is 24.0 Å². The number of hydrogen-bond donors (Lipinski definition) is 2. The molecule has 4 unspecified atom stereocenters. The van der Waals surface area contributed by atoms with Crippen LogP contribution in [-0.2, 0) is 0 Å². The molecule has 25 heavy (non-hydrogen) atoms. The predicted molar refractivity (Wildman–Crippen MR) is 104 cm³/mol. The predicted octanol–water partition coefficient (Wildman–Crippen LogP) is 6.02. The van der Waals surface area contributed by atoms with E-state index in [0.717, 1.165) is 24.7 Å². The molecule has 6 atom stereocenters. The molecule has 0 aliphatic heterocycles. The normalized spacial score (nSPS) is 42.4. The van der Waals surface area contributed by atoms with E-state index in [4.69, 9.17) is 0 Å². The molecule has 0 spiro atoms. The highest BCUT2D eigenvalue weighted by Crippen LogP contribution is 2.61. The smallest absolute Gasteiger partial charge is 0.114 e. The molecule has 0 aromatic rings. The van der Waals surface area contributed by atoms with Gasteiger partial charge < -0.3 is 10.2 Å². The summed E-state index contributed by atoms with van der Waals surface area (Å²) in [7, 11) is 0. The molecule has 2 nitrogen and oxygen atoms in total. The lowest BCUT2D eigenvalue weighted by Crippen LogP contribution is -2.46. The second-order valence-corrected chi connectivity index (χ2v) is 10.3. The lowest BCUT2D eigenvalue weighted by Gasteiger charge is -2.52. The van der Waals surface area contributed by atoms with Gasteiger partial charge in [-0.1, -0.05) is 40.7 Å². The maximum absolute atomic E-state index is 10.5. The minimum atomic E-state index is -0.0892. The third-order valence-corrected chi connectivity index (χ3v) is 8.03. The highest BCUT2D eigenvalue weighted by Gasteiger charge is 2.55. The van der Waals surface area contributed by atoms with Crippen LogP contribution < -0.4 is 0 Å². The van der Waals surface area contributed by atoms with Gasteiger partial charge in [0.05, 0.1) is 6.10 Å². The molecule has 2 heteroatoms. The van der Waals surface area contributed by atoms with E-state index in [1.807, 2.05) is 0 Å². The Hall–Kier alpha value is -0.760. The second-order valence-electron chi connectivity index (χ2n) is 10.3. The molecule has 3 aliphatic carbocycles. The maximum atomic E-state index is 10.5. The van der Waals surface area contributed by atoms with Gasteiger partial charge in [0.1, 0.15) is 5.76 Å². The summed E-state index contributed by atoms with van der Waals surface area (Å²) in [5.41, 5.74) is 1.32. The lowest BCUT2D eigenvalue weighted by molar-refractivity contribution is -0.0612. The van der Waals surface area contributed by atoms with Crippen molar-refractivity contribution in [3.63, 3.8) is 0 Å². The summed E-state index contributed by atoms with van der Waals surface area (Å²) in [6.45, 7) is 12.7. The molecule has 3 rings (SSSR count). The Labute approximate surface area is 154 Å². The van der Waals surface area contributed by atoms with E-state index in [0.29, 0.717) is 17.6 Å². The van der Waals surface area contributed by atoms with Crippen molar-refractivity contribution < 1.29 is 10.2 Å². The monoisotopic (exact) mass is 346 g/mol. The SMILES string of the molecule is C=C/C(O)=C(\CC1CCCC2C1CC[C@@]1(C)C2CC[C@@H]1O)C(C)(C)C. The van der Waals surface area contributed by atoms with Gasteiger partial charge in [-0.2, -0.15) is 0 Å². The van der Waals surface area contributed by atoms with Crippen LogP contribution in [0.2, 0.25) is 0 Å². The fraction of sp³-hybridized carbons (Fsp3) is 0.826. The first-order valence-corrected chi connectivity index (χ1v) is 10.4. The summed E-state index contributed by atoms with van der Waals surface area (Å²) in [6, 6.07) is 0. The van der Waals surface area contributed by atoms with Gasteiger partial charge in [-0.25, -0.2) is 0 Å². The van der Waals surface area contributed by atoms with E-state index >= 15 is 0 Å². The Morgan fingerprint density at radius 3 is 2.48 bits per heavy atom. The first-order valence-electron chi connectivity index (χ1n) is 10.4. The van der Waals surface area contributed by atoms with Crippen LogP contribution in [0.25, 0.3) is 0 Å². The second kappa shape index (κ2) is 6.76. The van der Waals surface area contributed by atoms with Crippen molar-refractivity contribution in [1.29, 1.82) is 0 Å². The highest BCUT2D eigenvalue weighted by atomic mass is 16.3. The topological polar surface area (TPSA) is 40.5 Å². The van der Waals surface area contributed by atoms with Crippen molar-refractivity contribution in [1.82, 2.24) is 0 Å². The number of hydrogen-bond acceptors (Lipinski definition) is 2. The fourth-order valence-electron chi connectivity index (χ4n) is 6.55. The molecule has 0 amide bonds. The quantitative estimate of drug-likeness (QED) is 0.484. The van der Waals surface area contributed by atoms with E-state index in [-0.39, 0.29) is 16.9 Å². The summed E-state index contributed by atoms with van der Waals surface area (Å²) in [4.78, 5) is 0. The summed E-state index contributed by atoms with van der Waals surface area (Å²) in [5, 5.41) is 21.0. The van der Waals surface area contributed by atoms with E-state index in [1.165, 1.54) is 44.1 Å². The van der Waals surface area contributed by atoms with Gasteiger partial charge in [-0.05, 0) is 91.1 Å². The van der Waals surface area contributed by atoms with Crippen molar-refractivity contribution in [2.45, 2.75) is 85.2 Å². The number of rotatable bonds is 3. The minimum Gasteiger partial charge on any atom is -0.508 e. The largest absolute Gasteiger partial charge is 0.508 e. The van der Waals surface area contributed by atoms with Crippen LogP contribution in [0, 0.1) is 34.5 Å². The molecule has 0 heterocycles. The van der Waals surface area contributed by atoms with Gasteiger partial charge in [0.2, 0.25) is 0 Å². The van der Waals surface area contributed by atoms with Crippen LogP contribution in [0.4, 0.5) is 0 Å². The van der Waals surface area contributed by atoms with Gasteiger partial charge in [-0.15, -0.1) is 0 Å². The van der Waals surface area contributed by atoms with Crippen molar-refractivity contribution >= 4 is 0 Å². The van der Waals surface area contributed by atoms with Crippen LogP contribution in [0.3, 0.4) is 0 Å². The molecule has 3 fully saturated rings. The Kier molecular flexibility index (Phi) is 5.14. The first-order chi connectivity index (χ1) is 11.7. The summed E-state index contributed by atoms with van der Waals surface area (Å²) in [5.74, 6) is 3.33. The number of aliphatic hydroxyl groups is 2. The molecule has 0 aromatic carbocycles. The average Bonchev–Trinajstić information content (AvgIpc) is 2.86. The molecule has 2 N–H and O–H groups in total. The van der Waals surface area contributed by atoms with Gasteiger partial charge in [-0.3, -0.25) is 0 Å². The Morgan fingerprint density at radius 2 is 1.84 bits per heavy atom. The number of fused-ring (bicyclic) bond motifs is 3. The van der Waals surface area contributed by atoms with Gasteiger partial charge in [0, 0.05) is 0 Å². The molecule has 3 saturated carbocycles. The van der Waals surface area contributed by atoms with Gasteiger partial charge >= 0.3 is 0 Å². The van der Waals surface area contributed by atoms with Crippen LogP contribution in [-0.4, -0.2) is 16.3 Å². The Bertz CT molecular complexity index is 541. The first kappa shape index (κ1) is 19.0. The zero-order valence-electron chi connectivity index (χ0n) is 16.7. The summed E-state index contributed by atoms with van der Waals surface area (Å²) >= 11 is 0. The van der Waals surface area contributed by atoms with Crippen molar-refractivity contribution in [2.75, 3.05) is 0 Å². The van der Waals surface area contributed by atoms with E-state index in [2.05, 4.69) is 34.3 Å². The van der Waals surface area contributed by atoms with E-state index < -0.39 is 0 Å². The van der Waals surface area contributed by atoms with Crippen LogP contribution in [0.15, 0.2) is 24.0 Å². The average molecular weight is 347 g/mol. The van der Waals surface area contributed by atoms with E-state index in [1.54, 1.807) is 6.08 Å². The van der Waals surface area contributed by atoms with Crippen LogP contribution >= 0.6 is 0 Å². The van der Waals surface area contributed by atoms with E-state index in [9.17, 15) is 10.2 Å². The molecule has 3 aliphatic rings. The third-order valence-electron chi connectivity index (χ3n) is 8.03. The molecule has 0 saturated heterocycles. The fourth-order valence-corrected chi connectivity index (χ4v) is 6.55. The van der Waals surface area contributed by atoms with Crippen molar-refractivity contribution in [3.8, 4) is 0 Å². The summed E-state index contributed by atoms with van der Waals surface area (Å²) in [6.07, 6.45) is 11.1. The van der Waals surface area contributed by atoms with Crippen molar-refractivity contribution in [2.24, 2.45) is 34.5 Å². The zero-order chi connectivity index (χ0) is 18.4. The molecule has 142 valence electrons. The van der Waals surface area contributed by atoms with Gasteiger partial charge in [0.15, 0.2) is 0 Å². The number of allylic oxidation sites excluding steroid dienone is 2. The molecular formula is C23H38O2. The number of aliphatic hydroxyl groups excluding tert-OH is 2. The Morgan fingerprint density at radius 1 is 1.12 bits per heavy atom. The Balaban J connectivity index is 1.82. The zero-order valence-corrected chi connectivity index (χ0v) is 16.7. The summed E-state index contributed by atoms with van der Waals surface area (Å²) < 4.78 is 0. The molecular weight excluding hydrogens is 308 g/mol. The third kappa shape index (κ3) is 3.31. The maximum Gasteiger partial charge on any atom is 0.114 e. The standard InChI is InChI=1S/C23H38O2/c1-6-20(24)19(22(2,3)4)14-15-8-7-9-17-16(15)12-13-23(5)18(17)10-11-21(23)25/h6,15-18,21,24-25H,1,7-14H2,2-5H3/b20-19-/t15?,16?,17?,18?,21-,23-/m0/s1.